The number of hydrogen-bond donors (Lipinski definition) is 1. The van der Waals surface area contributed by atoms with Crippen LogP contribution in [0.25, 0.3) is 0 Å². The van der Waals surface area contributed by atoms with E-state index in [1.807, 2.05) is 60.4 Å². The molecule has 1 N–H and O–H groups in total. The molecule has 0 radical (unpaired) electrons. The molecule has 4 nitrogen and oxygen atoms in total. The number of likely N-dealkylation sites (tertiary alicyclic amines) is 1. The van der Waals surface area contributed by atoms with Gasteiger partial charge in [0.1, 0.15) is 0 Å². The molecule has 3 rings (SSSR count). The van der Waals surface area contributed by atoms with Gasteiger partial charge in [0.15, 0.2) is 0 Å². The molecule has 1 saturated heterocycles. The van der Waals surface area contributed by atoms with E-state index < -0.39 is 0 Å². The van der Waals surface area contributed by atoms with E-state index in [2.05, 4.69) is 5.32 Å². The van der Waals surface area contributed by atoms with E-state index in [0.29, 0.717) is 25.1 Å². The van der Waals surface area contributed by atoms with Gasteiger partial charge in [0.25, 0.3) is 5.91 Å². The molecule has 1 aliphatic heterocycles. The lowest BCUT2D eigenvalue weighted by atomic mass is 10.1. The minimum atomic E-state index is -0.0814. The smallest absolute Gasteiger partial charge is 0.251 e. The first-order valence-electron chi connectivity index (χ1n) is 8.33. The van der Waals surface area contributed by atoms with E-state index in [1.54, 1.807) is 0 Å². The number of hydrogen-bond acceptors (Lipinski definition) is 2. The predicted molar refractivity (Wildman–Crippen MR) is 93.4 cm³/mol. The maximum Gasteiger partial charge on any atom is 0.251 e. The van der Waals surface area contributed by atoms with Crippen LogP contribution in [0.2, 0.25) is 0 Å². The van der Waals surface area contributed by atoms with Gasteiger partial charge >= 0.3 is 0 Å². The monoisotopic (exact) mass is 322 g/mol. The summed E-state index contributed by atoms with van der Waals surface area (Å²) in [7, 11) is 0. The fourth-order valence-electron chi connectivity index (χ4n) is 2.94. The van der Waals surface area contributed by atoms with Crippen molar-refractivity contribution in [3.05, 3.63) is 70.8 Å². The minimum absolute atomic E-state index is 0.0814. The highest BCUT2D eigenvalue weighted by Crippen LogP contribution is 2.15. The highest BCUT2D eigenvalue weighted by Gasteiger charge is 2.19. The molecular formula is C20H22N2O2. The average molecular weight is 322 g/mol. The van der Waals surface area contributed by atoms with Crippen molar-refractivity contribution in [2.24, 2.45) is 0 Å². The highest BCUT2D eigenvalue weighted by atomic mass is 16.2. The maximum atomic E-state index is 12.3. The quantitative estimate of drug-likeness (QED) is 0.920. The number of rotatable bonds is 5. The molecule has 0 spiro atoms. The Morgan fingerprint density at radius 1 is 1.12 bits per heavy atom. The van der Waals surface area contributed by atoms with Crippen LogP contribution in [0.4, 0.5) is 0 Å². The number of nitrogens with zero attached hydrogens (tertiary/aromatic N) is 1. The lowest BCUT2D eigenvalue weighted by molar-refractivity contribution is -0.128. The van der Waals surface area contributed by atoms with Crippen molar-refractivity contribution in [3.8, 4) is 0 Å². The summed E-state index contributed by atoms with van der Waals surface area (Å²) >= 11 is 0. The van der Waals surface area contributed by atoms with Gasteiger partial charge in [0.05, 0.1) is 0 Å². The Bertz CT molecular complexity index is 738. The SMILES string of the molecule is Cc1ccccc1CNC(=O)c1ccc(CN2CCCC2=O)cc1. The third kappa shape index (κ3) is 3.82. The number of amides is 2. The van der Waals surface area contributed by atoms with Crippen LogP contribution in [0.3, 0.4) is 0 Å². The molecule has 24 heavy (non-hydrogen) atoms. The lowest BCUT2D eigenvalue weighted by Gasteiger charge is -2.15. The van der Waals surface area contributed by atoms with E-state index in [0.717, 1.165) is 24.1 Å². The summed E-state index contributed by atoms with van der Waals surface area (Å²) in [6.07, 6.45) is 1.59. The van der Waals surface area contributed by atoms with Crippen molar-refractivity contribution in [2.45, 2.75) is 32.9 Å². The summed E-state index contributed by atoms with van der Waals surface area (Å²) < 4.78 is 0. The van der Waals surface area contributed by atoms with Gasteiger partial charge in [0.2, 0.25) is 5.91 Å². The van der Waals surface area contributed by atoms with Gasteiger partial charge in [-0.1, -0.05) is 36.4 Å². The van der Waals surface area contributed by atoms with Gasteiger partial charge in [-0.3, -0.25) is 9.59 Å². The van der Waals surface area contributed by atoms with Crippen LogP contribution < -0.4 is 5.32 Å². The summed E-state index contributed by atoms with van der Waals surface area (Å²) in [6, 6.07) is 15.5. The third-order valence-electron chi connectivity index (χ3n) is 4.46. The summed E-state index contributed by atoms with van der Waals surface area (Å²) in [5, 5.41) is 2.95. The number of carbonyl (C=O) groups is 2. The minimum Gasteiger partial charge on any atom is -0.348 e. The standard InChI is InChI=1S/C20H22N2O2/c1-15-5-2-3-6-18(15)13-21-20(24)17-10-8-16(9-11-17)14-22-12-4-7-19(22)23/h2-3,5-6,8-11H,4,7,12-14H2,1H3,(H,21,24). The van der Waals surface area contributed by atoms with Crippen molar-refractivity contribution in [1.29, 1.82) is 0 Å². The van der Waals surface area contributed by atoms with Gasteiger partial charge in [-0.15, -0.1) is 0 Å². The van der Waals surface area contributed by atoms with Gasteiger partial charge in [-0.25, -0.2) is 0 Å². The second-order valence-electron chi connectivity index (χ2n) is 6.22. The molecule has 0 aromatic heterocycles. The maximum absolute atomic E-state index is 12.3. The predicted octanol–water partition coefficient (Wildman–Crippen LogP) is 3.05. The van der Waals surface area contributed by atoms with E-state index in [9.17, 15) is 9.59 Å². The molecule has 2 amide bonds. The second kappa shape index (κ2) is 7.30. The Morgan fingerprint density at radius 2 is 1.88 bits per heavy atom. The Balaban J connectivity index is 1.57. The zero-order chi connectivity index (χ0) is 16.9. The Morgan fingerprint density at radius 3 is 2.54 bits per heavy atom. The molecule has 0 saturated carbocycles. The highest BCUT2D eigenvalue weighted by molar-refractivity contribution is 5.94. The molecule has 2 aromatic rings. The van der Waals surface area contributed by atoms with Gasteiger partial charge < -0.3 is 10.2 Å². The average Bonchev–Trinajstić information content (AvgIpc) is 2.99. The number of benzene rings is 2. The molecule has 1 aliphatic rings. The summed E-state index contributed by atoms with van der Waals surface area (Å²) in [6.45, 7) is 4.02. The van der Waals surface area contributed by atoms with Crippen LogP contribution in [-0.2, 0) is 17.9 Å². The number of carbonyl (C=O) groups excluding carboxylic acids is 2. The summed E-state index contributed by atoms with van der Waals surface area (Å²) in [5.41, 5.74) is 3.99. The molecular weight excluding hydrogens is 300 g/mol. The second-order valence-corrected chi connectivity index (χ2v) is 6.22. The molecule has 124 valence electrons. The van der Waals surface area contributed by atoms with Gasteiger partial charge in [0, 0.05) is 31.6 Å². The van der Waals surface area contributed by atoms with E-state index in [1.165, 1.54) is 5.56 Å². The van der Waals surface area contributed by atoms with Crippen LogP contribution >= 0.6 is 0 Å². The van der Waals surface area contributed by atoms with Gasteiger partial charge in [-0.2, -0.15) is 0 Å². The summed E-state index contributed by atoms with van der Waals surface area (Å²) in [4.78, 5) is 25.8. The van der Waals surface area contributed by atoms with Crippen molar-refractivity contribution in [3.63, 3.8) is 0 Å². The van der Waals surface area contributed by atoms with Crippen LogP contribution in [-0.4, -0.2) is 23.3 Å². The van der Waals surface area contributed by atoms with Crippen molar-refractivity contribution in [2.75, 3.05) is 6.54 Å². The first-order chi connectivity index (χ1) is 11.6. The topological polar surface area (TPSA) is 49.4 Å². The Kier molecular flexibility index (Phi) is 4.94. The first kappa shape index (κ1) is 16.2. The van der Waals surface area contributed by atoms with E-state index >= 15 is 0 Å². The van der Waals surface area contributed by atoms with E-state index in [-0.39, 0.29) is 11.8 Å². The van der Waals surface area contributed by atoms with Crippen LogP contribution in [0.1, 0.15) is 39.9 Å². The molecule has 4 heteroatoms. The van der Waals surface area contributed by atoms with Crippen LogP contribution in [0.5, 0.6) is 0 Å². The van der Waals surface area contributed by atoms with Crippen molar-refractivity contribution in [1.82, 2.24) is 10.2 Å². The molecule has 0 aliphatic carbocycles. The van der Waals surface area contributed by atoms with Crippen LogP contribution in [0.15, 0.2) is 48.5 Å². The van der Waals surface area contributed by atoms with Crippen LogP contribution in [0, 0.1) is 6.92 Å². The molecule has 1 fully saturated rings. The Labute approximate surface area is 142 Å². The molecule has 1 heterocycles. The number of aryl methyl sites for hydroxylation is 1. The number of nitrogens with one attached hydrogen (secondary N) is 1. The van der Waals surface area contributed by atoms with E-state index in [4.69, 9.17) is 0 Å². The zero-order valence-corrected chi connectivity index (χ0v) is 13.9. The fourth-order valence-corrected chi connectivity index (χ4v) is 2.94. The third-order valence-corrected chi connectivity index (χ3v) is 4.46. The lowest BCUT2D eigenvalue weighted by Crippen LogP contribution is -2.24. The normalized spacial score (nSPS) is 14.0. The Hall–Kier alpha value is -2.62. The van der Waals surface area contributed by atoms with Crippen molar-refractivity contribution < 1.29 is 9.59 Å². The zero-order valence-electron chi connectivity index (χ0n) is 13.9. The molecule has 0 bridgehead atoms. The first-order valence-corrected chi connectivity index (χ1v) is 8.33. The summed E-state index contributed by atoms with van der Waals surface area (Å²) in [5.74, 6) is 0.136. The fraction of sp³-hybridized carbons (Fsp3) is 0.300. The van der Waals surface area contributed by atoms with Crippen molar-refractivity contribution >= 4 is 11.8 Å². The molecule has 2 aromatic carbocycles. The largest absolute Gasteiger partial charge is 0.348 e. The van der Waals surface area contributed by atoms with Gasteiger partial charge in [-0.05, 0) is 42.2 Å². The molecule has 0 unspecified atom stereocenters. The molecule has 0 atom stereocenters.